The number of carbonyl (C=O) groups excluding carboxylic acids is 1. The fraction of sp³-hybridized carbons (Fsp3) is 0.455. The zero-order chi connectivity index (χ0) is 12.1. The van der Waals surface area contributed by atoms with Crippen molar-refractivity contribution < 1.29 is 9.53 Å². The van der Waals surface area contributed by atoms with Crippen LogP contribution in [0.15, 0.2) is 0 Å². The van der Waals surface area contributed by atoms with Crippen molar-refractivity contribution >= 4 is 11.8 Å². The molecule has 1 heterocycles. The molecular formula is C11H15N3O2. The predicted octanol–water partition coefficient (Wildman–Crippen LogP) is 0.974. The molecule has 1 aromatic rings. The molecule has 0 amide bonds. The summed E-state index contributed by atoms with van der Waals surface area (Å²) in [6, 6.07) is 0. The molecule has 0 aliphatic carbocycles. The summed E-state index contributed by atoms with van der Waals surface area (Å²) in [4.78, 5) is 15.4. The third-order valence-electron chi connectivity index (χ3n) is 2.28. The highest BCUT2D eigenvalue weighted by molar-refractivity contribution is 5.92. The van der Waals surface area contributed by atoms with E-state index in [9.17, 15) is 4.79 Å². The Labute approximate surface area is 94.6 Å². The molecule has 0 radical (unpaired) electrons. The number of carbonyl (C=O) groups is 1. The Morgan fingerprint density at radius 1 is 1.69 bits per heavy atom. The summed E-state index contributed by atoms with van der Waals surface area (Å²) in [5.74, 6) is 3.06. The van der Waals surface area contributed by atoms with Crippen molar-refractivity contribution in [2.45, 2.75) is 26.3 Å². The van der Waals surface area contributed by atoms with Gasteiger partial charge < -0.3 is 15.0 Å². The van der Waals surface area contributed by atoms with Gasteiger partial charge in [-0.2, -0.15) is 0 Å². The largest absolute Gasteiger partial charge is 0.464 e. The van der Waals surface area contributed by atoms with Crippen LogP contribution in [0.25, 0.3) is 0 Å². The number of nitrogen functional groups attached to an aromatic ring is 1. The number of ether oxygens (including phenoxy) is 1. The molecule has 0 bridgehead atoms. The fourth-order valence-electron chi connectivity index (χ4n) is 1.45. The summed E-state index contributed by atoms with van der Waals surface area (Å²) >= 11 is 0. The van der Waals surface area contributed by atoms with E-state index in [-0.39, 0.29) is 5.69 Å². The third kappa shape index (κ3) is 2.34. The standard InChI is InChI=1S/C11H15N3O2/c1-4-5-6-7-14-8(2)13-9(10(14)12)11(15)16-3/h1H,5-7,12H2,2-3H3. The number of esters is 1. The number of unbranched alkanes of at least 4 members (excludes halogenated alkanes) is 1. The Morgan fingerprint density at radius 2 is 2.38 bits per heavy atom. The van der Waals surface area contributed by atoms with Gasteiger partial charge in [0.1, 0.15) is 11.6 Å². The van der Waals surface area contributed by atoms with E-state index in [1.165, 1.54) is 7.11 Å². The molecule has 0 aromatic carbocycles. The van der Waals surface area contributed by atoms with E-state index < -0.39 is 5.97 Å². The molecule has 0 spiro atoms. The lowest BCUT2D eigenvalue weighted by molar-refractivity contribution is 0.0595. The fourth-order valence-corrected chi connectivity index (χ4v) is 1.45. The second kappa shape index (κ2) is 5.21. The van der Waals surface area contributed by atoms with Gasteiger partial charge in [-0.1, -0.05) is 0 Å². The van der Waals surface area contributed by atoms with E-state index in [2.05, 4.69) is 15.6 Å². The first kappa shape index (κ1) is 12.1. The molecule has 5 nitrogen and oxygen atoms in total. The van der Waals surface area contributed by atoms with Crippen LogP contribution in [0.5, 0.6) is 0 Å². The molecule has 0 unspecified atom stereocenters. The minimum Gasteiger partial charge on any atom is -0.464 e. The van der Waals surface area contributed by atoms with Gasteiger partial charge in [0, 0.05) is 13.0 Å². The van der Waals surface area contributed by atoms with Crippen LogP contribution in [0.2, 0.25) is 0 Å². The summed E-state index contributed by atoms with van der Waals surface area (Å²) in [6.07, 6.45) is 6.64. The molecule has 0 aliphatic heterocycles. The van der Waals surface area contributed by atoms with Gasteiger partial charge in [-0.25, -0.2) is 9.78 Å². The SMILES string of the molecule is C#CCCCn1c(C)nc(C(=O)OC)c1N. The molecule has 0 saturated carbocycles. The van der Waals surface area contributed by atoms with Gasteiger partial charge in [-0.15, -0.1) is 12.3 Å². The number of anilines is 1. The molecule has 0 aliphatic rings. The average Bonchev–Trinajstić information content (AvgIpc) is 2.56. The number of hydrogen-bond acceptors (Lipinski definition) is 4. The lowest BCUT2D eigenvalue weighted by Crippen LogP contribution is -2.09. The number of nitrogens with two attached hydrogens (primary N) is 1. The zero-order valence-electron chi connectivity index (χ0n) is 9.49. The maximum absolute atomic E-state index is 11.3. The van der Waals surface area contributed by atoms with Gasteiger partial charge in [0.15, 0.2) is 5.69 Å². The van der Waals surface area contributed by atoms with E-state index in [1.54, 1.807) is 11.5 Å². The molecule has 1 rings (SSSR count). The Hall–Kier alpha value is -1.96. The lowest BCUT2D eigenvalue weighted by atomic mass is 10.3. The van der Waals surface area contributed by atoms with Crippen LogP contribution in [0.1, 0.15) is 29.2 Å². The van der Waals surface area contributed by atoms with Gasteiger partial charge >= 0.3 is 5.97 Å². The molecule has 5 heteroatoms. The van der Waals surface area contributed by atoms with Crippen LogP contribution in [-0.2, 0) is 11.3 Å². The highest BCUT2D eigenvalue weighted by Crippen LogP contribution is 2.15. The van der Waals surface area contributed by atoms with Crippen molar-refractivity contribution in [1.29, 1.82) is 0 Å². The van der Waals surface area contributed by atoms with E-state index in [0.717, 1.165) is 6.42 Å². The number of imidazole rings is 1. The monoisotopic (exact) mass is 221 g/mol. The summed E-state index contributed by atoms with van der Waals surface area (Å²) in [7, 11) is 1.30. The summed E-state index contributed by atoms with van der Waals surface area (Å²) in [6.45, 7) is 2.45. The van der Waals surface area contributed by atoms with Crippen LogP contribution in [0.4, 0.5) is 5.82 Å². The zero-order valence-corrected chi connectivity index (χ0v) is 9.49. The smallest absolute Gasteiger partial charge is 0.360 e. The minimum absolute atomic E-state index is 0.167. The van der Waals surface area contributed by atoms with Crippen LogP contribution in [0.3, 0.4) is 0 Å². The summed E-state index contributed by atoms with van der Waals surface area (Å²) in [5.41, 5.74) is 5.98. The van der Waals surface area contributed by atoms with Crippen LogP contribution >= 0.6 is 0 Å². The topological polar surface area (TPSA) is 70.1 Å². The highest BCUT2D eigenvalue weighted by Gasteiger charge is 2.18. The van der Waals surface area contributed by atoms with Crippen LogP contribution in [0, 0.1) is 19.3 Å². The molecule has 0 atom stereocenters. The van der Waals surface area contributed by atoms with Gasteiger partial charge in [-0.3, -0.25) is 0 Å². The number of hydrogen-bond donors (Lipinski definition) is 1. The van der Waals surface area contributed by atoms with Crippen molar-refractivity contribution in [2.75, 3.05) is 12.8 Å². The van der Waals surface area contributed by atoms with Crippen molar-refractivity contribution in [2.24, 2.45) is 0 Å². The number of aryl methyl sites for hydroxylation is 1. The van der Waals surface area contributed by atoms with Crippen molar-refractivity contribution in [3.63, 3.8) is 0 Å². The van der Waals surface area contributed by atoms with E-state index in [4.69, 9.17) is 12.2 Å². The first-order valence-corrected chi connectivity index (χ1v) is 4.96. The molecular weight excluding hydrogens is 206 g/mol. The first-order valence-electron chi connectivity index (χ1n) is 4.96. The van der Waals surface area contributed by atoms with Crippen molar-refractivity contribution in [3.8, 4) is 12.3 Å². The molecule has 0 saturated heterocycles. The van der Waals surface area contributed by atoms with E-state index in [1.807, 2.05) is 0 Å². The first-order chi connectivity index (χ1) is 7.61. The average molecular weight is 221 g/mol. The molecule has 0 fully saturated rings. The highest BCUT2D eigenvalue weighted by atomic mass is 16.5. The quantitative estimate of drug-likeness (QED) is 0.467. The van der Waals surface area contributed by atoms with Gasteiger partial charge in [0.05, 0.1) is 7.11 Å². The molecule has 1 aromatic heterocycles. The van der Waals surface area contributed by atoms with Crippen LogP contribution < -0.4 is 5.73 Å². The molecule has 86 valence electrons. The van der Waals surface area contributed by atoms with Crippen molar-refractivity contribution in [3.05, 3.63) is 11.5 Å². The second-order valence-corrected chi connectivity index (χ2v) is 3.34. The number of aromatic nitrogens is 2. The molecule has 16 heavy (non-hydrogen) atoms. The van der Waals surface area contributed by atoms with E-state index in [0.29, 0.717) is 24.6 Å². The minimum atomic E-state index is -0.517. The van der Waals surface area contributed by atoms with Gasteiger partial charge in [0.25, 0.3) is 0 Å². The van der Waals surface area contributed by atoms with Crippen LogP contribution in [-0.4, -0.2) is 22.6 Å². The van der Waals surface area contributed by atoms with Crippen molar-refractivity contribution in [1.82, 2.24) is 9.55 Å². The maximum atomic E-state index is 11.3. The van der Waals surface area contributed by atoms with Gasteiger partial charge in [0.2, 0.25) is 0 Å². The maximum Gasteiger partial charge on any atom is 0.360 e. The third-order valence-corrected chi connectivity index (χ3v) is 2.28. The Morgan fingerprint density at radius 3 is 2.94 bits per heavy atom. The number of methoxy groups -OCH3 is 1. The Balaban J connectivity index is 2.90. The predicted molar refractivity (Wildman–Crippen MR) is 60.8 cm³/mol. The van der Waals surface area contributed by atoms with E-state index >= 15 is 0 Å². The Kier molecular flexibility index (Phi) is 3.95. The molecule has 2 N–H and O–H groups in total. The van der Waals surface area contributed by atoms with Gasteiger partial charge in [-0.05, 0) is 13.3 Å². The number of terminal acetylenes is 1. The summed E-state index contributed by atoms with van der Waals surface area (Å²) in [5, 5.41) is 0. The Bertz CT molecular complexity index is 429. The number of nitrogens with zero attached hydrogens (tertiary/aromatic N) is 2. The summed E-state index contributed by atoms with van der Waals surface area (Å²) < 4.78 is 6.35. The lowest BCUT2D eigenvalue weighted by Gasteiger charge is -2.05. The number of rotatable bonds is 4. The second-order valence-electron chi connectivity index (χ2n) is 3.34. The normalized spacial score (nSPS) is 9.81.